The molecule has 3 aromatic rings. The smallest absolute Gasteiger partial charge is 0.302 e. The van der Waals surface area contributed by atoms with Gasteiger partial charge in [0.2, 0.25) is 0 Å². The molecule has 0 fully saturated rings. The van der Waals surface area contributed by atoms with Crippen molar-refractivity contribution in [1.82, 2.24) is 14.7 Å². The molecule has 0 atom stereocenters. The van der Waals surface area contributed by atoms with Crippen molar-refractivity contribution in [1.29, 1.82) is 0 Å². The number of phenols is 1. The number of hydrogen-bond donors (Lipinski definition) is 2. The first-order chi connectivity index (χ1) is 14.3. The first kappa shape index (κ1) is 19.6. The maximum Gasteiger partial charge on any atom is 0.302 e. The van der Waals surface area contributed by atoms with E-state index in [9.17, 15) is 25.3 Å². The second-order valence-electron chi connectivity index (χ2n) is 6.98. The summed E-state index contributed by atoms with van der Waals surface area (Å²) < 4.78 is 1.54. The number of anilines is 2. The number of nitrogens with zero attached hydrogens (tertiary/aromatic N) is 5. The SMILES string of the molecule is CCN(CC)CCn1nc2c3c(c([N+](=O)[O-])cc([N+](=O)[O-])c31)Nc1ccc(O)cc1-2. The van der Waals surface area contributed by atoms with Crippen LogP contribution in [0.25, 0.3) is 22.2 Å². The van der Waals surface area contributed by atoms with Crippen LogP contribution in [0.4, 0.5) is 22.7 Å². The summed E-state index contributed by atoms with van der Waals surface area (Å²) in [5.41, 5.74) is 1.07. The van der Waals surface area contributed by atoms with E-state index in [1.807, 2.05) is 13.8 Å². The molecule has 2 N–H and O–H groups in total. The molecule has 0 spiro atoms. The average molecular weight is 412 g/mol. The van der Waals surface area contributed by atoms with E-state index in [0.717, 1.165) is 19.2 Å². The highest BCUT2D eigenvalue weighted by atomic mass is 16.6. The lowest BCUT2D eigenvalue weighted by molar-refractivity contribution is -0.392. The lowest BCUT2D eigenvalue weighted by Crippen LogP contribution is -2.27. The first-order valence-electron chi connectivity index (χ1n) is 9.54. The summed E-state index contributed by atoms with van der Waals surface area (Å²) in [6.07, 6.45) is 0. The van der Waals surface area contributed by atoms with Gasteiger partial charge in [0.25, 0.3) is 5.69 Å². The Kier molecular flexibility index (Phi) is 4.74. The number of benzene rings is 2. The Morgan fingerprint density at radius 2 is 1.83 bits per heavy atom. The number of rotatable bonds is 7. The van der Waals surface area contributed by atoms with Crippen LogP contribution in [0.1, 0.15) is 13.8 Å². The zero-order valence-electron chi connectivity index (χ0n) is 16.5. The van der Waals surface area contributed by atoms with Gasteiger partial charge >= 0.3 is 5.69 Å². The summed E-state index contributed by atoms with van der Waals surface area (Å²) in [5.74, 6) is 0.00442. The average Bonchev–Trinajstić information content (AvgIpc) is 3.09. The van der Waals surface area contributed by atoms with Gasteiger partial charge in [-0.2, -0.15) is 5.10 Å². The van der Waals surface area contributed by atoms with Gasteiger partial charge in [-0.3, -0.25) is 24.9 Å². The molecule has 0 saturated heterocycles. The Bertz CT molecular complexity index is 1180. The van der Waals surface area contributed by atoms with Gasteiger partial charge in [0, 0.05) is 17.8 Å². The molecule has 0 unspecified atom stereocenters. The minimum atomic E-state index is -0.642. The number of nitro benzene ring substituents is 2. The predicted octanol–water partition coefficient (Wildman–Crippen LogP) is 3.62. The van der Waals surface area contributed by atoms with E-state index < -0.39 is 15.5 Å². The van der Waals surface area contributed by atoms with Crippen molar-refractivity contribution in [3.05, 3.63) is 44.5 Å². The molecule has 2 aromatic carbocycles. The molecule has 0 saturated carbocycles. The number of aromatic nitrogens is 2. The van der Waals surface area contributed by atoms with E-state index >= 15 is 0 Å². The molecule has 2 heterocycles. The van der Waals surface area contributed by atoms with Crippen LogP contribution in [0.5, 0.6) is 5.75 Å². The molecule has 0 amide bonds. The minimum absolute atomic E-state index is 0.00442. The molecule has 156 valence electrons. The number of phenolic OH excluding ortho intramolecular Hbond substituents is 1. The van der Waals surface area contributed by atoms with Crippen molar-refractivity contribution in [2.45, 2.75) is 20.4 Å². The van der Waals surface area contributed by atoms with E-state index in [0.29, 0.717) is 35.4 Å². The van der Waals surface area contributed by atoms with E-state index in [2.05, 4.69) is 15.3 Å². The van der Waals surface area contributed by atoms with Gasteiger partial charge in [0.1, 0.15) is 22.6 Å². The molecule has 0 bridgehead atoms. The highest BCUT2D eigenvalue weighted by Crippen LogP contribution is 2.50. The van der Waals surface area contributed by atoms with Gasteiger partial charge in [0.15, 0.2) is 0 Å². The second-order valence-corrected chi connectivity index (χ2v) is 6.98. The Balaban J connectivity index is 2.03. The Morgan fingerprint density at radius 3 is 2.47 bits per heavy atom. The van der Waals surface area contributed by atoms with Crippen LogP contribution in [0.3, 0.4) is 0 Å². The van der Waals surface area contributed by atoms with Crippen LogP contribution in [0.15, 0.2) is 24.3 Å². The van der Waals surface area contributed by atoms with Gasteiger partial charge in [-0.25, -0.2) is 0 Å². The molecule has 11 heteroatoms. The van der Waals surface area contributed by atoms with Crippen molar-refractivity contribution in [3.63, 3.8) is 0 Å². The summed E-state index contributed by atoms with van der Waals surface area (Å²) in [4.78, 5) is 24.4. The van der Waals surface area contributed by atoms with Crippen LogP contribution in [0, 0.1) is 20.2 Å². The monoisotopic (exact) mass is 412 g/mol. The lowest BCUT2D eigenvalue weighted by Gasteiger charge is -2.18. The van der Waals surface area contributed by atoms with Crippen molar-refractivity contribution in [3.8, 4) is 17.0 Å². The Labute approximate surface area is 170 Å². The standard InChI is InChI=1S/C19H20N6O5/c1-3-22(4-2)7-8-23-19-15(25(29)30)10-14(24(27)28)18-16(19)17(21-23)12-9-11(26)5-6-13(12)20-18/h5-6,9-10,20,26H,3-4,7-8H2,1-2H3. The highest BCUT2D eigenvalue weighted by Gasteiger charge is 2.35. The number of likely N-dealkylation sites (N-methyl/N-ethyl adjacent to an activating group) is 1. The Morgan fingerprint density at radius 1 is 1.13 bits per heavy atom. The molecule has 1 aliphatic heterocycles. The van der Waals surface area contributed by atoms with E-state index in [4.69, 9.17) is 0 Å². The fourth-order valence-electron chi connectivity index (χ4n) is 3.86. The summed E-state index contributed by atoms with van der Waals surface area (Å²) in [6.45, 7) is 6.69. The van der Waals surface area contributed by atoms with Crippen LogP contribution in [0.2, 0.25) is 0 Å². The first-order valence-corrected chi connectivity index (χ1v) is 9.54. The molecular formula is C19H20N6O5. The third-order valence-corrected chi connectivity index (χ3v) is 5.41. The number of hydrogen-bond acceptors (Lipinski definition) is 8. The van der Waals surface area contributed by atoms with Gasteiger partial charge in [-0.1, -0.05) is 13.8 Å². The maximum atomic E-state index is 11.8. The van der Waals surface area contributed by atoms with Crippen LogP contribution in [-0.4, -0.2) is 49.3 Å². The fourth-order valence-corrected chi connectivity index (χ4v) is 3.86. The molecule has 4 rings (SSSR count). The molecular weight excluding hydrogens is 392 g/mol. The fraction of sp³-hybridized carbons (Fsp3) is 0.316. The van der Waals surface area contributed by atoms with Crippen LogP contribution < -0.4 is 5.32 Å². The third-order valence-electron chi connectivity index (χ3n) is 5.41. The number of aromatic hydroxyl groups is 1. The number of nitro groups is 2. The summed E-state index contributed by atoms with van der Waals surface area (Å²) >= 11 is 0. The number of non-ortho nitro benzene ring substituents is 1. The summed E-state index contributed by atoms with van der Waals surface area (Å²) in [7, 11) is 0. The highest BCUT2D eigenvalue weighted by molar-refractivity contribution is 6.14. The summed E-state index contributed by atoms with van der Waals surface area (Å²) in [5, 5.41) is 41.3. The largest absolute Gasteiger partial charge is 0.508 e. The molecule has 30 heavy (non-hydrogen) atoms. The van der Waals surface area contributed by atoms with Crippen LogP contribution >= 0.6 is 0 Å². The van der Waals surface area contributed by atoms with Crippen molar-refractivity contribution in [2.75, 3.05) is 25.0 Å². The van der Waals surface area contributed by atoms with E-state index in [-0.39, 0.29) is 22.6 Å². The van der Waals surface area contributed by atoms with Crippen LogP contribution in [-0.2, 0) is 6.54 Å². The third kappa shape index (κ3) is 2.99. The van der Waals surface area contributed by atoms with Gasteiger partial charge < -0.3 is 15.3 Å². The molecule has 0 aliphatic carbocycles. The molecule has 0 radical (unpaired) electrons. The predicted molar refractivity (Wildman–Crippen MR) is 111 cm³/mol. The van der Waals surface area contributed by atoms with Gasteiger partial charge in [-0.15, -0.1) is 0 Å². The maximum absolute atomic E-state index is 11.8. The van der Waals surface area contributed by atoms with Crippen molar-refractivity contribution >= 4 is 33.7 Å². The number of nitrogens with one attached hydrogen (secondary N) is 1. The van der Waals surface area contributed by atoms with E-state index in [1.54, 1.807) is 6.07 Å². The van der Waals surface area contributed by atoms with E-state index in [1.165, 1.54) is 16.8 Å². The van der Waals surface area contributed by atoms with Gasteiger partial charge in [0.05, 0.1) is 27.8 Å². The number of fused-ring (bicyclic) bond motifs is 2. The zero-order valence-corrected chi connectivity index (χ0v) is 16.5. The minimum Gasteiger partial charge on any atom is -0.508 e. The van der Waals surface area contributed by atoms with Gasteiger partial charge in [-0.05, 0) is 31.3 Å². The Hall–Kier alpha value is -3.73. The molecule has 1 aromatic heterocycles. The van der Waals surface area contributed by atoms with Crippen molar-refractivity contribution in [2.24, 2.45) is 0 Å². The normalized spacial score (nSPS) is 12.1. The summed E-state index contributed by atoms with van der Waals surface area (Å²) in [6, 6.07) is 5.53. The molecule has 11 nitrogen and oxygen atoms in total. The lowest BCUT2D eigenvalue weighted by atomic mass is 9.98. The zero-order chi connectivity index (χ0) is 21.6. The topological polar surface area (TPSA) is 140 Å². The molecule has 1 aliphatic rings. The quantitative estimate of drug-likeness (QED) is 0.266. The second kappa shape index (κ2) is 7.26. The van der Waals surface area contributed by atoms with Crippen molar-refractivity contribution < 1.29 is 15.0 Å².